The maximum atomic E-state index is 6.22. The number of hydrogen-bond donors (Lipinski definition) is 2. The first-order chi connectivity index (χ1) is 14.0. The van der Waals surface area contributed by atoms with Gasteiger partial charge in [0.15, 0.2) is 0 Å². The summed E-state index contributed by atoms with van der Waals surface area (Å²) in [5.41, 5.74) is 1.58. The largest absolute Gasteiger partial charge is 0.369 e. The first-order valence-corrected chi connectivity index (χ1v) is 10.8. The lowest BCUT2D eigenvalue weighted by Crippen LogP contribution is -2.27. The average molecular weight is 633 g/mol. The van der Waals surface area contributed by atoms with Crippen molar-refractivity contribution in [2.45, 2.75) is 25.3 Å². The Hall–Kier alpha value is -0.340. The van der Waals surface area contributed by atoms with E-state index in [0.29, 0.717) is 27.1 Å². The molecule has 13 heteroatoms. The van der Waals surface area contributed by atoms with E-state index in [9.17, 15) is 0 Å². The van der Waals surface area contributed by atoms with E-state index in [4.69, 9.17) is 39.8 Å². The Morgan fingerprint density at radius 3 is 2.32 bits per heavy atom. The molecule has 2 N–H and O–H groups in total. The van der Waals surface area contributed by atoms with E-state index >= 15 is 0 Å². The van der Waals surface area contributed by atoms with Crippen LogP contribution in [0.3, 0.4) is 0 Å². The van der Waals surface area contributed by atoms with Crippen LogP contribution in [0.1, 0.15) is 19.3 Å². The summed E-state index contributed by atoms with van der Waals surface area (Å²) in [5, 5.41) is 9.23. The smallest absolute Gasteiger partial charge is 0.229 e. The Morgan fingerprint density at radius 2 is 1.68 bits per heavy atom. The molecule has 1 fully saturated rings. The molecule has 2 aromatic carbocycles. The van der Waals surface area contributed by atoms with Crippen LogP contribution in [0.15, 0.2) is 36.4 Å². The van der Waals surface area contributed by atoms with Crippen molar-refractivity contribution in [1.82, 2.24) is 14.9 Å². The molecule has 1 atom stereocenters. The first kappa shape index (κ1) is 35.8. The molecule has 0 bridgehead atoms. The second-order valence-corrected chi connectivity index (χ2v) is 8.55. The summed E-state index contributed by atoms with van der Waals surface area (Å²) in [5.74, 6) is 1.25. The molecular weight excluding hydrogens is 606 g/mol. The van der Waals surface area contributed by atoms with Crippen molar-refractivity contribution >= 4 is 125 Å². The lowest BCUT2D eigenvalue weighted by atomic mass is 10.1. The molecule has 0 aliphatic carbocycles. The SMILES string of the molecule is CN1CCCC1CCNc1nc(Nc2ccc(Cl)c(Cl)c2)nc2ccc(Cl)cc12.Cl.Cl.Cl.Cl.Cl. The van der Waals surface area contributed by atoms with E-state index in [1.165, 1.54) is 19.4 Å². The standard InChI is InChI=1S/C21H22Cl3N5.5ClH/c1-29-10-2-3-15(29)8-9-25-20-16-11-13(22)4-7-19(16)27-21(28-20)26-14-5-6-17(23)18(24)12-14;;;;;/h4-7,11-12,15H,2-3,8-10H2,1H3,(H2,25,26,27,28);5*1H. The number of hydrogen-bond acceptors (Lipinski definition) is 5. The second kappa shape index (κ2) is 16.4. The van der Waals surface area contributed by atoms with Gasteiger partial charge in [0.2, 0.25) is 5.95 Å². The van der Waals surface area contributed by atoms with E-state index in [1.807, 2.05) is 24.3 Å². The fourth-order valence-electron chi connectivity index (χ4n) is 3.70. The Balaban J connectivity index is 0. The van der Waals surface area contributed by atoms with Gasteiger partial charge >= 0.3 is 0 Å². The van der Waals surface area contributed by atoms with Crippen LogP contribution in [0, 0.1) is 0 Å². The predicted molar refractivity (Wildman–Crippen MR) is 159 cm³/mol. The molecule has 3 aromatic rings. The van der Waals surface area contributed by atoms with Crippen LogP contribution >= 0.6 is 96.8 Å². The summed E-state index contributed by atoms with van der Waals surface area (Å²) in [4.78, 5) is 11.7. The minimum absolute atomic E-state index is 0. The maximum absolute atomic E-state index is 6.22. The molecular formula is C21H27Cl8N5. The zero-order valence-corrected chi connectivity index (χ0v) is 24.4. The number of likely N-dealkylation sites (tertiary alicyclic amines) is 1. The molecule has 0 radical (unpaired) electrons. The summed E-state index contributed by atoms with van der Waals surface area (Å²) in [6.07, 6.45) is 3.59. The van der Waals surface area contributed by atoms with Gasteiger partial charge in [0.1, 0.15) is 5.82 Å². The van der Waals surface area contributed by atoms with E-state index < -0.39 is 0 Å². The molecule has 34 heavy (non-hydrogen) atoms. The van der Waals surface area contributed by atoms with Crippen LogP contribution in [-0.2, 0) is 0 Å². The van der Waals surface area contributed by atoms with E-state index in [0.717, 1.165) is 35.4 Å². The fraction of sp³-hybridized carbons (Fsp3) is 0.333. The molecule has 2 heterocycles. The van der Waals surface area contributed by atoms with Crippen molar-refractivity contribution in [1.29, 1.82) is 0 Å². The zero-order valence-electron chi connectivity index (χ0n) is 18.1. The van der Waals surface area contributed by atoms with Gasteiger partial charge in [0.05, 0.1) is 15.6 Å². The minimum atomic E-state index is 0. The summed E-state index contributed by atoms with van der Waals surface area (Å²) in [6, 6.07) is 11.6. The van der Waals surface area contributed by atoms with Gasteiger partial charge < -0.3 is 15.5 Å². The molecule has 4 rings (SSSR count). The molecule has 1 aliphatic heterocycles. The zero-order chi connectivity index (χ0) is 20.4. The van der Waals surface area contributed by atoms with E-state index in [-0.39, 0.29) is 62.0 Å². The number of aromatic nitrogens is 2. The summed E-state index contributed by atoms with van der Waals surface area (Å²) in [7, 11) is 2.19. The normalized spacial score (nSPS) is 14.5. The van der Waals surface area contributed by atoms with Gasteiger partial charge in [-0.3, -0.25) is 0 Å². The van der Waals surface area contributed by atoms with Crippen molar-refractivity contribution in [3.8, 4) is 0 Å². The number of fused-ring (bicyclic) bond motifs is 1. The van der Waals surface area contributed by atoms with Gasteiger partial charge in [-0.15, -0.1) is 62.0 Å². The quantitative estimate of drug-likeness (QED) is 0.286. The van der Waals surface area contributed by atoms with Gasteiger partial charge in [0, 0.05) is 28.7 Å². The van der Waals surface area contributed by atoms with Gasteiger partial charge in [-0.05, 0) is 69.3 Å². The second-order valence-electron chi connectivity index (χ2n) is 7.30. The Labute approximate surface area is 246 Å². The minimum Gasteiger partial charge on any atom is -0.369 e. The molecule has 0 saturated carbocycles. The lowest BCUT2D eigenvalue weighted by molar-refractivity contribution is 0.301. The highest BCUT2D eigenvalue weighted by Gasteiger charge is 2.20. The van der Waals surface area contributed by atoms with Gasteiger partial charge in [-0.1, -0.05) is 34.8 Å². The van der Waals surface area contributed by atoms with Crippen LogP contribution in [0.25, 0.3) is 10.9 Å². The fourth-order valence-corrected chi connectivity index (χ4v) is 4.17. The number of benzene rings is 2. The van der Waals surface area contributed by atoms with Crippen molar-refractivity contribution in [3.05, 3.63) is 51.5 Å². The molecule has 1 saturated heterocycles. The van der Waals surface area contributed by atoms with Crippen LogP contribution in [-0.4, -0.2) is 41.0 Å². The molecule has 1 aromatic heterocycles. The molecule has 1 aliphatic rings. The predicted octanol–water partition coefficient (Wildman–Crippen LogP) is 8.34. The molecule has 192 valence electrons. The van der Waals surface area contributed by atoms with Crippen LogP contribution in [0.4, 0.5) is 17.5 Å². The van der Waals surface area contributed by atoms with Crippen LogP contribution in [0.2, 0.25) is 15.1 Å². The summed E-state index contributed by atoms with van der Waals surface area (Å²) >= 11 is 18.3. The maximum Gasteiger partial charge on any atom is 0.229 e. The number of nitrogens with one attached hydrogen (secondary N) is 2. The van der Waals surface area contributed by atoms with Crippen molar-refractivity contribution in [2.24, 2.45) is 0 Å². The van der Waals surface area contributed by atoms with Crippen molar-refractivity contribution in [3.63, 3.8) is 0 Å². The summed E-state index contributed by atoms with van der Waals surface area (Å²) < 4.78 is 0. The van der Waals surface area contributed by atoms with Gasteiger partial charge in [-0.25, -0.2) is 4.98 Å². The number of nitrogens with zero attached hydrogens (tertiary/aromatic N) is 3. The summed E-state index contributed by atoms with van der Waals surface area (Å²) in [6.45, 7) is 2.01. The van der Waals surface area contributed by atoms with Crippen molar-refractivity contribution in [2.75, 3.05) is 30.8 Å². The monoisotopic (exact) mass is 629 g/mol. The molecule has 0 spiro atoms. The van der Waals surface area contributed by atoms with Crippen LogP contribution in [0.5, 0.6) is 0 Å². The number of rotatable bonds is 6. The topological polar surface area (TPSA) is 53.1 Å². The third-order valence-corrected chi connectivity index (χ3v) is 6.25. The van der Waals surface area contributed by atoms with Crippen LogP contribution < -0.4 is 10.6 Å². The highest BCUT2D eigenvalue weighted by Crippen LogP contribution is 2.29. The van der Waals surface area contributed by atoms with Crippen molar-refractivity contribution < 1.29 is 0 Å². The third kappa shape index (κ3) is 8.95. The van der Waals surface area contributed by atoms with E-state index in [1.54, 1.807) is 12.1 Å². The highest BCUT2D eigenvalue weighted by molar-refractivity contribution is 6.42. The third-order valence-electron chi connectivity index (χ3n) is 5.28. The van der Waals surface area contributed by atoms with Gasteiger partial charge in [0.25, 0.3) is 0 Å². The molecule has 1 unspecified atom stereocenters. The average Bonchev–Trinajstić information content (AvgIpc) is 3.10. The number of halogens is 8. The highest BCUT2D eigenvalue weighted by atomic mass is 35.5. The first-order valence-electron chi connectivity index (χ1n) is 9.63. The lowest BCUT2D eigenvalue weighted by Gasteiger charge is -2.20. The number of anilines is 3. The van der Waals surface area contributed by atoms with E-state index in [2.05, 4.69) is 27.6 Å². The Morgan fingerprint density at radius 1 is 0.941 bits per heavy atom. The Bertz CT molecular complexity index is 1040. The molecule has 5 nitrogen and oxygen atoms in total. The molecule has 0 amide bonds. The Kier molecular flexibility index (Phi) is 17.3. The van der Waals surface area contributed by atoms with Gasteiger partial charge in [-0.2, -0.15) is 4.98 Å².